The third-order valence-corrected chi connectivity index (χ3v) is 2.98. The molecule has 5 atom stereocenters. The van der Waals surface area contributed by atoms with E-state index >= 15 is 0 Å². The zero-order valence-electron chi connectivity index (χ0n) is 10.3. The van der Waals surface area contributed by atoms with E-state index < -0.39 is 37.3 Å². The van der Waals surface area contributed by atoms with E-state index in [1.807, 2.05) is 0 Å². The second-order valence-corrected chi connectivity index (χ2v) is 4.50. The van der Waals surface area contributed by atoms with Crippen LogP contribution in [0.1, 0.15) is 0 Å². The molecule has 1 aliphatic heterocycles. The molecule has 0 spiro atoms. The number of benzene rings is 1. The van der Waals surface area contributed by atoms with Crippen LogP contribution in [0.25, 0.3) is 0 Å². The molecule has 0 unspecified atom stereocenters. The first-order chi connectivity index (χ1) is 9.42. The van der Waals surface area contributed by atoms with Gasteiger partial charge in [-0.1, -0.05) is 0 Å². The van der Waals surface area contributed by atoms with Crippen molar-refractivity contribution in [1.82, 2.24) is 0 Å². The van der Waals surface area contributed by atoms with E-state index in [1.165, 1.54) is 12.1 Å². The van der Waals surface area contributed by atoms with Crippen LogP contribution in [0.2, 0.25) is 0 Å². The highest BCUT2D eigenvalue weighted by Gasteiger charge is 2.44. The maximum atomic E-state index is 9.75. The minimum absolute atomic E-state index is 0.00757. The van der Waals surface area contributed by atoms with E-state index in [-0.39, 0.29) is 17.2 Å². The summed E-state index contributed by atoms with van der Waals surface area (Å²) in [6, 6.07) is 3.42. The lowest BCUT2D eigenvalue weighted by Crippen LogP contribution is -2.60. The molecule has 1 saturated heterocycles. The maximum absolute atomic E-state index is 9.75. The Kier molecular flexibility index (Phi) is 4.31. The first kappa shape index (κ1) is 14.8. The minimum Gasteiger partial charge on any atom is -0.508 e. The van der Waals surface area contributed by atoms with E-state index in [1.54, 1.807) is 0 Å². The summed E-state index contributed by atoms with van der Waals surface area (Å²) in [6.07, 6.45) is -7.06. The van der Waals surface area contributed by atoms with Crippen molar-refractivity contribution in [3.8, 4) is 17.2 Å². The van der Waals surface area contributed by atoms with Gasteiger partial charge in [-0.15, -0.1) is 0 Å². The SMILES string of the molecule is OC[C@H]1O[C@@H](Oc2cc(O)cc(O)c2)[C@H](O)[C@@H](O)[C@@H]1O. The number of hydrogen-bond donors (Lipinski definition) is 6. The highest BCUT2D eigenvalue weighted by atomic mass is 16.7. The largest absolute Gasteiger partial charge is 0.508 e. The molecule has 112 valence electrons. The van der Waals surface area contributed by atoms with Crippen molar-refractivity contribution in [2.75, 3.05) is 6.61 Å². The Hall–Kier alpha value is -1.58. The molecule has 0 radical (unpaired) electrons. The molecule has 0 amide bonds. The lowest BCUT2D eigenvalue weighted by molar-refractivity contribution is -0.277. The monoisotopic (exact) mass is 288 g/mol. The highest BCUT2D eigenvalue weighted by molar-refractivity contribution is 5.40. The Morgan fingerprint density at radius 1 is 0.950 bits per heavy atom. The van der Waals surface area contributed by atoms with Gasteiger partial charge in [0.15, 0.2) is 0 Å². The van der Waals surface area contributed by atoms with Crippen molar-refractivity contribution >= 4 is 0 Å². The van der Waals surface area contributed by atoms with Gasteiger partial charge in [0.1, 0.15) is 41.7 Å². The molecule has 1 heterocycles. The second kappa shape index (κ2) is 5.81. The number of aliphatic hydroxyl groups is 4. The molecule has 0 aliphatic carbocycles. The topological polar surface area (TPSA) is 140 Å². The van der Waals surface area contributed by atoms with Crippen LogP contribution in [-0.2, 0) is 4.74 Å². The molecule has 20 heavy (non-hydrogen) atoms. The van der Waals surface area contributed by atoms with E-state index in [2.05, 4.69) is 0 Å². The lowest BCUT2D eigenvalue weighted by Gasteiger charge is -2.39. The van der Waals surface area contributed by atoms with Gasteiger partial charge in [0.05, 0.1) is 6.61 Å². The third-order valence-electron chi connectivity index (χ3n) is 2.98. The van der Waals surface area contributed by atoms with Crippen LogP contribution in [0.5, 0.6) is 17.2 Å². The van der Waals surface area contributed by atoms with Crippen molar-refractivity contribution < 1.29 is 40.1 Å². The Balaban J connectivity index is 2.15. The predicted molar refractivity (Wildman–Crippen MR) is 64.2 cm³/mol. The molecule has 1 fully saturated rings. The fraction of sp³-hybridized carbons (Fsp3) is 0.500. The van der Waals surface area contributed by atoms with E-state index in [0.717, 1.165) is 6.07 Å². The molecular weight excluding hydrogens is 272 g/mol. The Morgan fingerprint density at radius 2 is 1.55 bits per heavy atom. The predicted octanol–water partition coefficient (Wildman–Crippen LogP) is -1.72. The van der Waals surface area contributed by atoms with Gasteiger partial charge in [-0.2, -0.15) is 0 Å². The molecule has 6 N–H and O–H groups in total. The molecular formula is C12H16O8. The van der Waals surface area contributed by atoms with Gasteiger partial charge >= 0.3 is 0 Å². The van der Waals surface area contributed by atoms with Crippen molar-refractivity contribution in [2.45, 2.75) is 30.7 Å². The summed E-state index contributed by atoms with van der Waals surface area (Å²) < 4.78 is 10.3. The third kappa shape index (κ3) is 2.94. The molecule has 8 nitrogen and oxygen atoms in total. The molecule has 0 saturated carbocycles. The summed E-state index contributed by atoms with van der Waals surface area (Å²) in [6.45, 7) is -0.573. The average Bonchev–Trinajstić information content (AvgIpc) is 2.38. The second-order valence-electron chi connectivity index (χ2n) is 4.50. The number of phenolic OH excluding ortho intramolecular Hbond substituents is 2. The number of rotatable bonds is 3. The summed E-state index contributed by atoms with van der Waals surface area (Å²) in [7, 11) is 0. The standard InChI is InChI=1S/C12H16O8/c13-4-8-9(16)10(17)11(18)12(20-8)19-7-2-5(14)1-6(15)3-7/h1-3,8-18H,4H2/t8-,9-,10+,11-,12-/m1/s1. The van der Waals surface area contributed by atoms with Crippen molar-refractivity contribution in [3.05, 3.63) is 18.2 Å². The summed E-state index contributed by atoms with van der Waals surface area (Å²) in [5, 5.41) is 56.6. The zero-order chi connectivity index (χ0) is 14.9. The van der Waals surface area contributed by atoms with E-state index in [0.29, 0.717) is 0 Å². The van der Waals surface area contributed by atoms with Gasteiger partial charge < -0.3 is 40.1 Å². The minimum atomic E-state index is -1.56. The maximum Gasteiger partial charge on any atom is 0.229 e. The Morgan fingerprint density at radius 3 is 2.10 bits per heavy atom. The summed E-state index contributed by atoms with van der Waals surface area (Å²) in [5.41, 5.74) is 0. The molecule has 0 aromatic heterocycles. The number of phenols is 2. The van der Waals surface area contributed by atoms with Crippen LogP contribution in [-0.4, -0.2) is 68.0 Å². The van der Waals surface area contributed by atoms with Crippen molar-refractivity contribution in [1.29, 1.82) is 0 Å². The van der Waals surface area contributed by atoms with E-state index in [9.17, 15) is 25.5 Å². The van der Waals surface area contributed by atoms with Gasteiger partial charge in [0, 0.05) is 18.2 Å². The fourth-order valence-corrected chi connectivity index (χ4v) is 1.93. The number of hydrogen-bond acceptors (Lipinski definition) is 8. The van der Waals surface area contributed by atoms with E-state index in [4.69, 9.17) is 14.6 Å². The Bertz CT molecular complexity index is 443. The molecule has 8 heteroatoms. The molecule has 2 rings (SSSR count). The number of ether oxygens (including phenoxy) is 2. The molecule has 1 aliphatic rings. The zero-order valence-corrected chi connectivity index (χ0v) is 10.3. The lowest BCUT2D eigenvalue weighted by atomic mass is 9.99. The van der Waals surface area contributed by atoms with Crippen LogP contribution in [0.3, 0.4) is 0 Å². The Labute approximate surface area is 114 Å². The highest BCUT2D eigenvalue weighted by Crippen LogP contribution is 2.29. The van der Waals surface area contributed by atoms with Crippen LogP contribution < -0.4 is 4.74 Å². The van der Waals surface area contributed by atoms with Gasteiger partial charge in [-0.25, -0.2) is 0 Å². The molecule has 1 aromatic carbocycles. The van der Waals surface area contributed by atoms with Gasteiger partial charge in [0.25, 0.3) is 0 Å². The smallest absolute Gasteiger partial charge is 0.229 e. The van der Waals surface area contributed by atoms with Crippen molar-refractivity contribution in [2.24, 2.45) is 0 Å². The van der Waals surface area contributed by atoms with Crippen LogP contribution >= 0.6 is 0 Å². The number of aromatic hydroxyl groups is 2. The van der Waals surface area contributed by atoms with Gasteiger partial charge in [-0.3, -0.25) is 0 Å². The normalized spacial score (nSPS) is 33.9. The molecule has 1 aromatic rings. The van der Waals surface area contributed by atoms with Gasteiger partial charge in [-0.05, 0) is 0 Å². The van der Waals surface area contributed by atoms with Crippen LogP contribution in [0, 0.1) is 0 Å². The van der Waals surface area contributed by atoms with Crippen LogP contribution in [0.15, 0.2) is 18.2 Å². The molecule has 0 bridgehead atoms. The summed E-state index contributed by atoms with van der Waals surface area (Å²) in [4.78, 5) is 0. The quantitative estimate of drug-likeness (QED) is 0.386. The first-order valence-electron chi connectivity index (χ1n) is 5.92. The number of aliphatic hydroxyl groups excluding tert-OH is 4. The fourth-order valence-electron chi connectivity index (χ4n) is 1.93. The van der Waals surface area contributed by atoms with Gasteiger partial charge in [0.2, 0.25) is 6.29 Å². The van der Waals surface area contributed by atoms with Crippen LogP contribution in [0.4, 0.5) is 0 Å². The summed E-state index contributed by atoms with van der Waals surface area (Å²) >= 11 is 0. The summed E-state index contributed by atoms with van der Waals surface area (Å²) in [5.74, 6) is -0.527. The average molecular weight is 288 g/mol. The first-order valence-corrected chi connectivity index (χ1v) is 5.92. The van der Waals surface area contributed by atoms with Crippen molar-refractivity contribution in [3.63, 3.8) is 0 Å².